The molecule has 0 unspecified atom stereocenters. The van der Waals surface area contributed by atoms with Crippen molar-refractivity contribution in [3.05, 3.63) is 78.9 Å². The highest BCUT2D eigenvalue weighted by molar-refractivity contribution is 7.99. The number of amides is 1. The highest BCUT2D eigenvalue weighted by Crippen LogP contribution is 2.26. The first-order chi connectivity index (χ1) is 18.9. The van der Waals surface area contributed by atoms with E-state index in [9.17, 15) is 13.2 Å². The summed E-state index contributed by atoms with van der Waals surface area (Å²) in [6, 6.07) is 23.3. The predicted octanol–water partition coefficient (Wildman–Crippen LogP) is 3.76. The summed E-state index contributed by atoms with van der Waals surface area (Å²) in [5, 5.41) is 20.5. The van der Waals surface area contributed by atoms with Crippen molar-refractivity contribution >= 4 is 44.4 Å². The maximum atomic E-state index is 12.8. The van der Waals surface area contributed by atoms with Gasteiger partial charge in [-0.15, -0.1) is 15.3 Å². The molecule has 0 saturated heterocycles. The molecule has 5 aromatic rings. The second-order valence-corrected chi connectivity index (χ2v) is 11.3. The molecule has 2 heterocycles. The molecule has 5 rings (SSSR count). The Hall–Kier alpha value is -4.07. The van der Waals surface area contributed by atoms with Crippen LogP contribution < -0.4 is 5.32 Å². The smallest absolute Gasteiger partial charge is 0.259 e. The van der Waals surface area contributed by atoms with Crippen molar-refractivity contribution in [3.63, 3.8) is 0 Å². The fourth-order valence-electron chi connectivity index (χ4n) is 4.06. The molecule has 0 aliphatic heterocycles. The van der Waals surface area contributed by atoms with Gasteiger partial charge in [-0.3, -0.25) is 9.36 Å². The van der Waals surface area contributed by atoms with Gasteiger partial charge in [0, 0.05) is 18.8 Å². The van der Waals surface area contributed by atoms with E-state index >= 15 is 0 Å². The third kappa shape index (κ3) is 5.41. The largest absolute Gasteiger partial charge is 0.325 e. The van der Waals surface area contributed by atoms with Gasteiger partial charge in [0.2, 0.25) is 15.9 Å². The molecule has 0 atom stereocenters. The standard InChI is InChI=1S/C26H26N8O3S2/c1-3-32(4-2)39(36,37)21-16-14-19(15-17-21)27-24(35)18-38-26-30-29-25(33(26)20-10-6-5-7-11-20)34-23-13-9-8-12-22(23)28-31-34/h5-17H,3-4,18H2,1-2H3,(H,27,35). The summed E-state index contributed by atoms with van der Waals surface area (Å²) in [4.78, 5) is 13.0. The normalized spacial score (nSPS) is 11.8. The van der Waals surface area contributed by atoms with Gasteiger partial charge in [0.15, 0.2) is 5.16 Å². The highest BCUT2D eigenvalue weighted by atomic mass is 32.2. The molecular weight excluding hydrogens is 536 g/mol. The summed E-state index contributed by atoms with van der Waals surface area (Å²) in [6.07, 6.45) is 0. The van der Waals surface area contributed by atoms with Crippen LogP contribution in [0.1, 0.15) is 13.8 Å². The van der Waals surface area contributed by atoms with E-state index in [-0.39, 0.29) is 16.6 Å². The Morgan fingerprint density at radius 1 is 0.897 bits per heavy atom. The Labute approximate surface area is 229 Å². The van der Waals surface area contributed by atoms with Crippen LogP contribution >= 0.6 is 11.8 Å². The molecule has 0 spiro atoms. The summed E-state index contributed by atoms with van der Waals surface area (Å²) in [7, 11) is -3.57. The molecule has 1 N–H and O–H groups in total. The summed E-state index contributed by atoms with van der Waals surface area (Å²) < 4.78 is 30.2. The molecular formula is C26H26N8O3S2. The fraction of sp³-hybridized carbons (Fsp3) is 0.192. The first kappa shape index (κ1) is 26.5. The van der Waals surface area contributed by atoms with Gasteiger partial charge in [-0.1, -0.05) is 61.2 Å². The molecule has 0 saturated carbocycles. The average molecular weight is 563 g/mol. The van der Waals surface area contributed by atoms with Gasteiger partial charge in [-0.05, 0) is 48.5 Å². The van der Waals surface area contributed by atoms with E-state index in [4.69, 9.17) is 0 Å². The maximum absolute atomic E-state index is 12.8. The number of nitrogens with zero attached hydrogens (tertiary/aromatic N) is 7. The molecule has 0 radical (unpaired) electrons. The molecule has 1 amide bonds. The Kier molecular flexibility index (Phi) is 7.72. The van der Waals surface area contributed by atoms with Crippen molar-refractivity contribution in [2.24, 2.45) is 0 Å². The molecule has 13 heteroatoms. The first-order valence-electron chi connectivity index (χ1n) is 12.3. The second kappa shape index (κ2) is 11.4. The van der Waals surface area contributed by atoms with E-state index < -0.39 is 10.0 Å². The van der Waals surface area contributed by atoms with Crippen LogP contribution in [0, 0.1) is 0 Å². The number of fused-ring (bicyclic) bond motifs is 1. The highest BCUT2D eigenvalue weighted by Gasteiger charge is 2.22. The van der Waals surface area contributed by atoms with E-state index in [1.165, 1.54) is 28.2 Å². The number of anilines is 1. The third-order valence-corrected chi connectivity index (χ3v) is 8.98. The molecule has 3 aromatic carbocycles. The molecule has 200 valence electrons. The Morgan fingerprint density at radius 2 is 1.59 bits per heavy atom. The predicted molar refractivity (Wildman–Crippen MR) is 150 cm³/mol. The van der Waals surface area contributed by atoms with E-state index in [0.717, 1.165) is 16.7 Å². The number of carbonyl (C=O) groups excluding carboxylic acids is 1. The van der Waals surface area contributed by atoms with Gasteiger partial charge in [0.05, 0.1) is 21.9 Å². The summed E-state index contributed by atoms with van der Waals surface area (Å²) in [5.74, 6) is 0.236. The van der Waals surface area contributed by atoms with Crippen LogP contribution in [-0.4, -0.2) is 67.2 Å². The van der Waals surface area contributed by atoms with Crippen LogP contribution in [-0.2, 0) is 14.8 Å². The lowest BCUT2D eigenvalue weighted by atomic mass is 10.3. The van der Waals surface area contributed by atoms with Gasteiger partial charge >= 0.3 is 0 Å². The monoisotopic (exact) mass is 562 g/mol. The summed E-state index contributed by atoms with van der Waals surface area (Å²) in [6.45, 7) is 4.36. The SMILES string of the molecule is CCN(CC)S(=O)(=O)c1ccc(NC(=O)CSc2nnc(-n3nnc4ccccc43)n2-c2ccccc2)cc1. The number of carbonyl (C=O) groups is 1. The molecule has 39 heavy (non-hydrogen) atoms. The van der Waals surface area contributed by atoms with Gasteiger partial charge in [-0.25, -0.2) is 8.42 Å². The third-order valence-electron chi connectivity index (χ3n) is 5.99. The number of sulfonamides is 1. The number of hydrogen-bond acceptors (Lipinski definition) is 8. The number of thioether (sulfide) groups is 1. The quantitative estimate of drug-likeness (QED) is 0.255. The molecule has 0 bridgehead atoms. The lowest BCUT2D eigenvalue weighted by Crippen LogP contribution is -2.30. The number of para-hydroxylation sites is 2. The van der Waals surface area contributed by atoms with Crippen LogP contribution in [0.15, 0.2) is 88.9 Å². The lowest BCUT2D eigenvalue weighted by Gasteiger charge is -2.18. The second-order valence-electron chi connectivity index (χ2n) is 8.39. The van der Waals surface area contributed by atoms with Crippen molar-refractivity contribution in [2.45, 2.75) is 23.9 Å². The van der Waals surface area contributed by atoms with Crippen molar-refractivity contribution < 1.29 is 13.2 Å². The number of nitrogens with one attached hydrogen (secondary N) is 1. The van der Waals surface area contributed by atoms with Gasteiger partial charge in [0.25, 0.3) is 5.95 Å². The van der Waals surface area contributed by atoms with Gasteiger partial charge in [0.1, 0.15) is 5.52 Å². The van der Waals surface area contributed by atoms with Crippen LogP contribution in [0.3, 0.4) is 0 Å². The minimum absolute atomic E-state index is 0.0581. The number of hydrogen-bond donors (Lipinski definition) is 1. The summed E-state index contributed by atoms with van der Waals surface area (Å²) >= 11 is 1.22. The number of rotatable bonds is 10. The summed E-state index contributed by atoms with van der Waals surface area (Å²) in [5.41, 5.74) is 2.82. The molecule has 2 aromatic heterocycles. The minimum atomic E-state index is -3.57. The first-order valence-corrected chi connectivity index (χ1v) is 14.7. The van der Waals surface area contributed by atoms with Crippen molar-refractivity contribution in [2.75, 3.05) is 24.2 Å². The van der Waals surface area contributed by atoms with Crippen molar-refractivity contribution in [1.29, 1.82) is 0 Å². The molecule has 0 aliphatic carbocycles. The fourth-order valence-corrected chi connectivity index (χ4v) is 6.27. The zero-order valence-corrected chi connectivity index (χ0v) is 22.9. The van der Waals surface area contributed by atoms with E-state index in [1.54, 1.807) is 30.7 Å². The Morgan fingerprint density at radius 3 is 2.31 bits per heavy atom. The van der Waals surface area contributed by atoms with Crippen molar-refractivity contribution in [1.82, 2.24) is 34.1 Å². The maximum Gasteiger partial charge on any atom is 0.259 e. The molecule has 11 nitrogen and oxygen atoms in total. The zero-order chi connectivity index (χ0) is 27.4. The number of benzene rings is 3. The Balaban J connectivity index is 1.34. The van der Waals surface area contributed by atoms with E-state index in [2.05, 4.69) is 25.8 Å². The zero-order valence-electron chi connectivity index (χ0n) is 21.3. The van der Waals surface area contributed by atoms with Crippen LogP contribution in [0.2, 0.25) is 0 Å². The van der Waals surface area contributed by atoms with Crippen LogP contribution in [0.5, 0.6) is 0 Å². The van der Waals surface area contributed by atoms with Crippen LogP contribution in [0.4, 0.5) is 5.69 Å². The average Bonchev–Trinajstić information content (AvgIpc) is 3.57. The Bertz CT molecular complexity index is 1700. The van der Waals surface area contributed by atoms with Crippen molar-refractivity contribution in [3.8, 4) is 11.6 Å². The minimum Gasteiger partial charge on any atom is -0.325 e. The molecule has 0 fully saturated rings. The van der Waals surface area contributed by atoms with Crippen LogP contribution in [0.25, 0.3) is 22.7 Å². The number of aromatic nitrogens is 6. The topological polar surface area (TPSA) is 128 Å². The van der Waals surface area contributed by atoms with E-state index in [0.29, 0.717) is 29.9 Å². The van der Waals surface area contributed by atoms with Gasteiger partial charge < -0.3 is 5.32 Å². The molecule has 0 aliphatic rings. The van der Waals surface area contributed by atoms with E-state index in [1.807, 2.05) is 59.2 Å². The van der Waals surface area contributed by atoms with Gasteiger partial charge in [-0.2, -0.15) is 8.99 Å². The lowest BCUT2D eigenvalue weighted by molar-refractivity contribution is -0.113.